The van der Waals surface area contributed by atoms with Crippen LogP contribution in [0, 0.1) is 5.92 Å². The third-order valence-corrected chi connectivity index (χ3v) is 3.65. The first-order chi connectivity index (χ1) is 7.18. The smallest absolute Gasteiger partial charge is 0.237 e. The molecule has 0 aromatic carbocycles. The summed E-state index contributed by atoms with van der Waals surface area (Å²) >= 11 is 0. The molecule has 16 heavy (non-hydrogen) atoms. The molecule has 1 N–H and O–H groups in total. The number of carbonyl (C=O) groups is 1. The van der Waals surface area contributed by atoms with E-state index in [9.17, 15) is 4.79 Å². The molecule has 1 saturated carbocycles. The fourth-order valence-electron chi connectivity index (χ4n) is 2.48. The van der Waals surface area contributed by atoms with Gasteiger partial charge in [0.15, 0.2) is 0 Å². The van der Waals surface area contributed by atoms with E-state index in [-0.39, 0.29) is 18.3 Å². The predicted molar refractivity (Wildman–Crippen MR) is 67.8 cm³/mol. The zero-order chi connectivity index (χ0) is 10.8. The van der Waals surface area contributed by atoms with Gasteiger partial charge in [0.25, 0.3) is 0 Å². The zero-order valence-corrected chi connectivity index (χ0v) is 11.1. The maximum Gasteiger partial charge on any atom is 0.237 e. The van der Waals surface area contributed by atoms with Crippen molar-refractivity contribution in [2.24, 2.45) is 5.92 Å². The van der Waals surface area contributed by atoms with Crippen molar-refractivity contribution in [1.82, 2.24) is 10.2 Å². The number of amides is 1. The Kier molecular flexibility index (Phi) is 5.06. The minimum atomic E-state index is 0. The van der Waals surface area contributed by atoms with E-state index in [1.54, 1.807) is 0 Å². The summed E-state index contributed by atoms with van der Waals surface area (Å²) < 4.78 is 0. The van der Waals surface area contributed by atoms with Crippen LogP contribution in [0.2, 0.25) is 0 Å². The second-order valence-corrected chi connectivity index (χ2v) is 5.15. The minimum absolute atomic E-state index is 0. The molecule has 1 heterocycles. The van der Waals surface area contributed by atoms with Crippen LogP contribution >= 0.6 is 12.4 Å². The van der Waals surface area contributed by atoms with E-state index < -0.39 is 0 Å². The molecule has 2 unspecified atom stereocenters. The number of carbonyl (C=O) groups excluding carboxylic acids is 1. The SMILES string of the molecule is CC1CCC(C)N1C(=O)CNCC1CC1.Cl. The van der Waals surface area contributed by atoms with Crippen LogP contribution < -0.4 is 5.32 Å². The van der Waals surface area contributed by atoms with Crippen molar-refractivity contribution < 1.29 is 4.79 Å². The van der Waals surface area contributed by atoms with Crippen molar-refractivity contribution in [2.75, 3.05) is 13.1 Å². The van der Waals surface area contributed by atoms with Gasteiger partial charge < -0.3 is 10.2 Å². The molecule has 2 aliphatic rings. The Morgan fingerprint density at radius 2 is 1.75 bits per heavy atom. The van der Waals surface area contributed by atoms with Crippen molar-refractivity contribution in [1.29, 1.82) is 0 Å². The van der Waals surface area contributed by atoms with E-state index in [1.165, 1.54) is 12.8 Å². The van der Waals surface area contributed by atoms with E-state index in [4.69, 9.17) is 0 Å². The Labute approximate surface area is 104 Å². The maximum atomic E-state index is 11.9. The second kappa shape index (κ2) is 5.87. The van der Waals surface area contributed by atoms with Crippen LogP contribution in [0.25, 0.3) is 0 Å². The average Bonchev–Trinajstić information content (AvgIpc) is 2.93. The molecule has 2 fully saturated rings. The lowest BCUT2D eigenvalue weighted by atomic mass is 10.2. The molecule has 2 rings (SSSR count). The third-order valence-electron chi connectivity index (χ3n) is 3.65. The van der Waals surface area contributed by atoms with Crippen molar-refractivity contribution >= 4 is 18.3 Å². The number of nitrogens with zero attached hydrogens (tertiary/aromatic N) is 1. The zero-order valence-electron chi connectivity index (χ0n) is 10.2. The molecule has 2 atom stereocenters. The lowest BCUT2D eigenvalue weighted by Gasteiger charge is -2.26. The normalized spacial score (nSPS) is 29.0. The fourth-order valence-corrected chi connectivity index (χ4v) is 2.48. The van der Waals surface area contributed by atoms with Crippen molar-refractivity contribution in [2.45, 2.75) is 51.6 Å². The van der Waals surface area contributed by atoms with Crippen molar-refractivity contribution in [3.63, 3.8) is 0 Å². The van der Waals surface area contributed by atoms with E-state index in [2.05, 4.69) is 24.1 Å². The van der Waals surface area contributed by atoms with Gasteiger partial charge in [0.05, 0.1) is 6.54 Å². The summed E-state index contributed by atoms with van der Waals surface area (Å²) in [6, 6.07) is 0.880. The van der Waals surface area contributed by atoms with Crippen LogP contribution in [0.3, 0.4) is 0 Å². The highest BCUT2D eigenvalue weighted by Crippen LogP contribution is 2.27. The van der Waals surface area contributed by atoms with Gasteiger partial charge in [0, 0.05) is 12.1 Å². The summed E-state index contributed by atoms with van der Waals surface area (Å²) in [5.74, 6) is 1.14. The molecule has 1 amide bonds. The van der Waals surface area contributed by atoms with Crippen LogP contribution in [0.15, 0.2) is 0 Å². The second-order valence-electron chi connectivity index (χ2n) is 5.15. The van der Waals surface area contributed by atoms with Crippen molar-refractivity contribution in [3.8, 4) is 0 Å². The molecule has 1 aliphatic carbocycles. The molecular weight excluding hydrogens is 224 g/mol. The minimum Gasteiger partial charge on any atom is -0.336 e. The standard InChI is InChI=1S/C12H22N2O.ClH/c1-9-3-4-10(2)14(9)12(15)8-13-7-11-5-6-11;/h9-11,13H,3-8H2,1-2H3;1H. The number of nitrogens with one attached hydrogen (secondary N) is 1. The first-order valence-electron chi connectivity index (χ1n) is 6.20. The van der Waals surface area contributed by atoms with Gasteiger partial charge in [-0.3, -0.25) is 4.79 Å². The third kappa shape index (κ3) is 3.36. The van der Waals surface area contributed by atoms with Gasteiger partial charge >= 0.3 is 0 Å². The molecule has 3 nitrogen and oxygen atoms in total. The van der Waals surface area contributed by atoms with Gasteiger partial charge in [-0.1, -0.05) is 0 Å². The highest BCUT2D eigenvalue weighted by molar-refractivity contribution is 5.85. The highest BCUT2D eigenvalue weighted by Gasteiger charge is 2.31. The van der Waals surface area contributed by atoms with Crippen molar-refractivity contribution in [3.05, 3.63) is 0 Å². The first kappa shape index (κ1) is 13.8. The maximum absolute atomic E-state index is 11.9. The highest BCUT2D eigenvalue weighted by atomic mass is 35.5. The monoisotopic (exact) mass is 246 g/mol. The predicted octanol–water partition coefficient (Wildman–Crippen LogP) is 1.81. The Balaban J connectivity index is 0.00000128. The molecule has 94 valence electrons. The van der Waals surface area contributed by atoms with Gasteiger partial charge in [0.2, 0.25) is 5.91 Å². The van der Waals surface area contributed by atoms with Gasteiger partial charge in [0.1, 0.15) is 0 Å². The molecule has 4 heteroatoms. The van der Waals surface area contributed by atoms with E-state index in [0.717, 1.165) is 25.3 Å². The Hall–Kier alpha value is -0.280. The summed E-state index contributed by atoms with van der Waals surface area (Å²) in [5.41, 5.74) is 0. The molecule has 0 bridgehead atoms. The topological polar surface area (TPSA) is 32.3 Å². The van der Waals surface area contributed by atoms with Gasteiger partial charge in [-0.05, 0) is 52.0 Å². The van der Waals surface area contributed by atoms with E-state index >= 15 is 0 Å². The summed E-state index contributed by atoms with van der Waals surface area (Å²) in [6.45, 7) is 5.87. The molecule has 0 aromatic heterocycles. The largest absolute Gasteiger partial charge is 0.336 e. The number of hydrogen-bond donors (Lipinski definition) is 1. The summed E-state index contributed by atoms with van der Waals surface area (Å²) in [4.78, 5) is 14.0. The number of rotatable bonds is 4. The lowest BCUT2D eigenvalue weighted by molar-refractivity contribution is -0.132. The molecule has 0 spiro atoms. The average molecular weight is 247 g/mol. The molecule has 0 aromatic rings. The van der Waals surface area contributed by atoms with E-state index in [0.29, 0.717) is 18.6 Å². The summed E-state index contributed by atoms with van der Waals surface area (Å²) in [7, 11) is 0. The summed E-state index contributed by atoms with van der Waals surface area (Å²) in [6.07, 6.45) is 5.01. The van der Waals surface area contributed by atoms with Crippen LogP contribution in [-0.4, -0.2) is 36.0 Å². The van der Waals surface area contributed by atoms with Crippen LogP contribution in [0.5, 0.6) is 0 Å². The fraction of sp³-hybridized carbons (Fsp3) is 0.917. The first-order valence-corrected chi connectivity index (χ1v) is 6.20. The molecule has 0 radical (unpaired) electrons. The van der Waals surface area contributed by atoms with Crippen LogP contribution in [0.1, 0.15) is 39.5 Å². The quantitative estimate of drug-likeness (QED) is 0.821. The number of likely N-dealkylation sites (tertiary alicyclic amines) is 1. The number of halogens is 1. The molecule has 1 aliphatic heterocycles. The number of hydrogen-bond acceptors (Lipinski definition) is 2. The molecule has 1 saturated heterocycles. The summed E-state index contributed by atoms with van der Waals surface area (Å²) in [5, 5.41) is 3.27. The lowest BCUT2D eigenvalue weighted by Crippen LogP contribution is -2.43. The van der Waals surface area contributed by atoms with Gasteiger partial charge in [-0.2, -0.15) is 0 Å². The molecular formula is C12H23ClN2O. The Morgan fingerprint density at radius 1 is 1.19 bits per heavy atom. The van der Waals surface area contributed by atoms with Gasteiger partial charge in [-0.25, -0.2) is 0 Å². The van der Waals surface area contributed by atoms with Gasteiger partial charge in [-0.15, -0.1) is 12.4 Å². The van der Waals surface area contributed by atoms with Crippen LogP contribution in [-0.2, 0) is 4.79 Å². The Morgan fingerprint density at radius 3 is 2.25 bits per heavy atom. The Bertz CT molecular complexity index is 233. The van der Waals surface area contributed by atoms with Crippen LogP contribution in [0.4, 0.5) is 0 Å². The van der Waals surface area contributed by atoms with E-state index in [1.807, 2.05) is 0 Å².